The zero-order chi connectivity index (χ0) is 20.6. The van der Waals surface area contributed by atoms with Gasteiger partial charge in [-0.05, 0) is 36.5 Å². The van der Waals surface area contributed by atoms with E-state index in [4.69, 9.17) is 0 Å². The van der Waals surface area contributed by atoms with Gasteiger partial charge >= 0.3 is 0 Å². The molecule has 0 spiro atoms. The Morgan fingerprint density at radius 2 is 1.38 bits per heavy atom. The molecule has 0 rings (SSSR count). The first-order valence-corrected chi connectivity index (χ1v) is 10.5. The molecule has 1 amide bonds. The summed E-state index contributed by atoms with van der Waals surface area (Å²) in [4.78, 5) is 24.6. The van der Waals surface area contributed by atoms with E-state index in [1.807, 2.05) is 20.8 Å². The summed E-state index contributed by atoms with van der Waals surface area (Å²) in [5.41, 5.74) is 0.0751. The van der Waals surface area contributed by atoms with Crippen LogP contribution in [0.1, 0.15) is 107 Å². The second kappa shape index (κ2) is 10.5. The number of Topliss-reactive ketones (excluding diaryl/α,β-unsaturated/α-hetero) is 1. The van der Waals surface area contributed by atoms with Crippen LogP contribution in [0.2, 0.25) is 0 Å². The molecule has 0 aromatic carbocycles. The Kier molecular flexibility index (Phi) is 10.1. The number of hydrogen-bond acceptors (Lipinski definition) is 2. The van der Waals surface area contributed by atoms with E-state index in [0.717, 1.165) is 38.5 Å². The molecule has 1 unspecified atom stereocenters. The van der Waals surface area contributed by atoms with Crippen LogP contribution < -0.4 is 5.32 Å². The third-order valence-corrected chi connectivity index (χ3v) is 5.00. The lowest BCUT2D eigenvalue weighted by Gasteiger charge is -2.30. The van der Waals surface area contributed by atoms with E-state index in [2.05, 4.69) is 46.9 Å². The van der Waals surface area contributed by atoms with Crippen LogP contribution in [0.3, 0.4) is 0 Å². The van der Waals surface area contributed by atoms with Gasteiger partial charge in [0.15, 0.2) is 0 Å². The maximum atomic E-state index is 12.7. The number of amides is 1. The number of unbranched alkanes of at least 4 members (excludes halogenated alkanes) is 2. The average Bonchev–Trinajstić information content (AvgIpc) is 2.43. The SMILES string of the molecule is CC(C)(C)CCCC(C(=O)NCCCCCC(=O)C(C)(C)C)C(C)(C)C. The van der Waals surface area contributed by atoms with E-state index in [9.17, 15) is 9.59 Å². The second-order valence-electron chi connectivity index (χ2n) is 11.1. The Bertz CT molecular complexity index is 433. The Hall–Kier alpha value is -0.860. The van der Waals surface area contributed by atoms with Gasteiger partial charge in [-0.1, -0.05) is 75.2 Å². The van der Waals surface area contributed by atoms with Crippen molar-refractivity contribution in [3.63, 3.8) is 0 Å². The molecule has 0 aromatic rings. The maximum Gasteiger partial charge on any atom is 0.223 e. The average molecular weight is 368 g/mol. The first-order chi connectivity index (χ1) is 11.6. The van der Waals surface area contributed by atoms with Crippen LogP contribution in [0.15, 0.2) is 0 Å². The van der Waals surface area contributed by atoms with Crippen molar-refractivity contribution in [1.82, 2.24) is 5.32 Å². The standard InChI is InChI=1S/C23H45NO2/c1-21(2,3)16-13-14-18(22(4,5)6)20(26)24-17-12-10-11-15-19(25)23(7,8)9/h18H,10-17H2,1-9H3,(H,24,26). The fraction of sp³-hybridized carbons (Fsp3) is 0.913. The Morgan fingerprint density at radius 3 is 1.85 bits per heavy atom. The van der Waals surface area contributed by atoms with Gasteiger partial charge in [0.1, 0.15) is 5.78 Å². The predicted octanol–water partition coefficient (Wildman–Crippen LogP) is 6.16. The van der Waals surface area contributed by atoms with E-state index >= 15 is 0 Å². The van der Waals surface area contributed by atoms with Crippen molar-refractivity contribution in [3.05, 3.63) is 0 Å². The van der Waals surface area contributed by atoms with Gasteiger partial charge in [-0.3, -0.25) is 9.59 Å². The summed E-state index contributed by atoms with van der Waals surface area (Å²) in [6.45, 7) is 19.9. The fourth-order valence-electron chi connectivity index (χ4n) is 3.09. The van der Waals surface area contributed by atoms with Gasteiger partial charge in [0.05, 0.1) is 0 Å². The van der Waals surface area contributed by atoms with Crippen LogP contribution in [0.4, 0.5) is 0 Å². The Balaban J connectivity index is 4.20. The van der Waals surface area contributed by atoms with Crippen LogP contribution in [0, 0.1) is 22.2 Å². The van der Waals surface area contributed by atoms with E-state index < -0.39 is 0 Å². The fourth-order valence-corrected chi connectivity index (χ4v) is 3.09. The van der Waals surface area contributed by atoms with Gasteiger partial charge < -0.3 is 5.32 Å². The van der Waals surface area contributed by atoms with Crippen molar-refractivity contribution in [1.29, 1.82) is 0 Å². The number of rotatable bonds is 10. The second-order valence-corrected chi connectivity index (χ2v) is 11.1. The normalized spacial score (nSPS) is 14.2. The third-order valence-electron chi connectivity index (χ3n) is 5.00. The number of carbonyl (C=O) groups is 2. The topological polar surface area (TPSA) is 46.2 Å². The number of ketones is 1. The van der Waals surface area contributed by atoms with Gasteiger partial charge in [0.2, 0.25) is 5.91 Å². The summed E-state index contributed by atoms with van der Waals surface area (Å²) < 4.78 is 0. The van der Waals surface area contributed by atoms with Gasteiger partial charge in [-0.25, -0.2) is 0 Å². The lowest BCUT2D eigenvalue weighted by Crippen LogP contribution is -2.38. The van der Waals surface area contributed by atoms with Crippen molar-refractivity contribution in [3.8, 4) is 0 Å². The van der Waals surface area contributed by atoms with Crippen LogP contribution in [-0.2, 0) is 9.59 Å². The number of hydrogen-bond donors (Lipinski definition) is 1. The van der Waals surface area contributed by atoms with E-state index in [1.165, 1.54) is 0 Å². The highest BCUT2D eigenvalue weighted by Gasteiger charge is 2.30. The van der Waals surface area contributed by atoms with Crippen LogP contribution in [0.25, 0.3) is 0 Å². The van der Waals surface area contributed by atoms with Crippen LogP contribution in [0.5, 0.6) is 0 Å². The number of carbonyl (C=O) groups excluding carboxylic acids is 2. The van der Waals surface area contributed by atoms with Crippen molar-refractivity contribution in [2.45, 2.75) is 107 Å². The smallest absolute Gasteiger partial charge is 0.223 e. The minimum atomic E-state index is -0.235. The van der Waals surface area contributed by atoms with Crippen molar-refractivity contribution in [2.75, 3.05) is 6.54 Å². The summed E-state index contributed by atoms with van der Waals surface area (Å²) in [5, 5.41) is 3.13. The summed E-state index contributed by atoms with van der Waals surface area (Å²) in [6.07, 6.45) is 6.69. The van der Waals surface area contributed by atoms with E-state index in [-0.39, 0.29) is 22.7 Å². The zero-order valence-corrected chi connectivity index (χ0v) is 19.1. The van der Waals surface area contributed by atoms with Crippen LogP contribution in [-0.4, -0.2) is 18.2 Å². The largest absolute Gasteiger partial charge is 0.356 e. The molecule has 0 fully saturated rings. The molecule has 0 heterocycles. The summed E-state index contributed by atoms with van der Waals surface area (Å²) in [7, 11) is 0. The highest BCUT2D eigenvalue weighted by atomic mass is 16.2. The molecule has 0 saturated carbocycles. The molecular weight excluding hydrogens is 322 g/mol. The first kappa shape index (κ1) is 25.1. The summed E-state index contributed by atoms with van der Waals surface area (Å²) in [6, 6.07) is 0. The summed E-state index contributed by atoms with van der Waals surface area (Å²) >= 11 is 0. The first-order valence-electron chi connectivity index (χ1n) is 10.5. The molecule has 1 N–H and O–H groups in total. The molecule has 0 aliphatic rings. The molecule has 0 aliphatic heterocycles. The quantitative estimate of drug-likeness (QED) is 0.470. The van der Waals surface area contributed by atoms with Gasteiger partial charge in [-0.15, -0.1) is 0 Å². The summed E-state index contributed by atoms with van der Waals surface area (Å²) in [5.74, 6) is 0.581. The molecular formula is C23H45NO2. The highest BCUT2D eigenvalue weighted by Crippen LogP contribution is 2.32. The Morgan fingerprint density at radius 1 is 0.808 bits per heavy atom. The third kappa shape index (κ3) is 11.7. The minimum absolute atomic E-state index is 0.0128. The minimum Gasteiger partial charge on any atom is -0.356 e. The molecule has 0 bridgehead atoms. The predicted molar refractivity (Wildman–Crippen MR) is 112 cm³/mol. The van der Waals surface area contributed by atoms with Gasteiger partial charge in [0.25, 0.3) is 0 Å². The van der Waals surface area contributed by atoms with Gasteiger partial charge in [0, 0.05) is 24.3 Å². The van der Waals surface area contributed by atoms with Crippen molar-refractivity contribution in [2.24, 2.45) is 22.2 Å². The Labute approximate surface area is 163 Å². The monoisotopic (exact) mass is 367 g/mol. The van der Waals surface area contributed by atoms with Crippen molar-refractivity contribution < 1.29 is 9.59 Å². The van der Waals surface area contributed by atoms with E-state index in [1.54, 1.807) is 0 Å². The lowest BCUT2D eigenvalue weighted by atomic mass is 9.76. The molecule has 26 heavy (non-hydrogen) atoms. The zero-order valence-electron chi connectivity index (χ0n) is 19.1. The molecule has 0 radical (unpaired) electrons. The number of nitrogens with one attached hydrogen (secondary N) is 1. The lowest BCUT2D eigenvalue weighted by molar-refractivity contribution is -0.129. The molecule has 0 aromatic heterocycles. The highest BCUT2D eigenvalue weighted by molar-refractivity contribution is 5.83. The molecule has 1 atom stereocenters. The molecule has 3 heteroatoms. The van der Waals surface area contributed by atoms with Crippen LogP contribution >= 0.6 is 0 Å². The molecule has 154 valence electrons. The van der Waals surface area contributed by atoms with Crippen molar-refractivity contribution >= 4 is 11.7 Å². The molecule has 0 saturated heterocycles. The maximum absolute atomic E-state index is 12.7. The van der Waals surface area contributed by atoms with E-state index in [0.29, 0.717) is 24.2 Å². The van der Waals surface area contributed by atoms with Gasteiger partial charge in [-0.2, -0.15) is 0 Å². The molecule has 3 nitrogen and oxygen atoms in total. The molecule has 0 aliphatic carbocycles.